The van der Waals surface area contributed by atoms with Gasteiger partial charge < -0.3 is 10.6 Å². The number of hydrogen-bond acceptors (Lipinski definition) is 3. The van der Waals surface area contributed by atoms with Crippen molar-refractivity contribution in [3.63, 3.8) is 0 Å². The number of aryl methyl sites for hydroxylation is 1. The summed E-state index contributed by atoms with van der Waals surface area (Å²) in [5.41, 5.74) is 2.35. The van der Waals surface area contributed by atoms with Gasteiger partial charge in [0.05, 0.1) is 0 Å². The van der Waals surface area contributed by atoms with Gasteiger partial charge in [0.1, 0.15) is 5.54 Å². The monoisotopic (exact) mass is 365 g/mol. The Morgan fingerprint density at radius 1 is 1.15 bits per heavy atom. The maximum Gasteiger partial charge on any atom is 0.246 e. The van der Waals surface area contributed by atoms with Crippen molar-refractivity contribution < 1.29 is 9.59 Å². The van der Waals surface area contributed by atoms with E-state index in [0.717, 1.165) is 30.4 Å². The molecule has 1 atom stereocenters. The molecule has 2 heterocycles. The van der Waals surface area contributed by atoms with E-state index in [2.05, 4.69) is 34.7 Å². The lowest BCUT2D eigenvalue weighted by atomic mass is 9.86. The predicted octanol–water partition coefficient (Wildman–Crippen LogP) is 2.93. The van der Waals surface area contributed by atoms with Crippen molar-refractivity contribution in [2.45, 2.75) is 57.5 Å². The van der Waals surface area contributed by atoms with E-state index in [0.29, 0.717) is 25.8 Å². The van der Waals surface area contributed by atoms with E-state index in [4.69, 9.17) is 0 Å². The summed E-state index contributed by atoms with van der Waals surface area (Å²) in [5.74, 6) is -0.181. The van der Waals surface area contributed by atoms with Crippen molar-refractivity contribution in [2.75, 3.05) is 0 Å². The van der Waals surface area contributed by atoms with Gasteiger partial charge in [0.15, 0.2) is 0 Å². The Hall–Kier alpha value is -2.69. The lowest BCUT2D eigenvalue weighted by molar-refractivity contribution is -0.133. The van der Waals surface area contributed by atoms with Gasteiger partial charge in [-0.25, -0.2) is 0 Å². The van der Waals surface area contributed by atoms with E-state index < -0.39 is 5.54 Å². The zero-order chi connectivity index (χ0) is 19.1. The zero-order valence-electron chi connectivity index (χ0n) is 15.8. The molecule has 2 N–H and O–H groups in total. The number of aromatic nitrogens is 1. The maximum atomic E-state index is 13.2. The summed E-state index contributed by atoms with van der Waals surface area (Å²) in [6.45, 7) is 2.57. The molecule has 27 heavy (non-hydrogen) atoms. The summed E-state index contributed by atoms with van der Waals surface area (Å²) in [4.78, 5) is 29.6. The standard InChI is InChI=1S/C22H27N3O2/c1-2-17-8-10-18(11-9-17)16-24-21(27)22(12-4-3-7-20(26)25-22)14-19-6-5-13-23-15-19/h5-6,8-11,13,15H,2-4,7,12,14,16H2,1H3,(H,24,27)(H,25,26). The topological polar surface area (TPSA) is 71.1 Å². The van der Waals surface area contributed by atoms with Crippen LogP contribution < -0.4 is 10.6 Å². The molecule has 142 valence electrons. The Morgan fingerprint density at radius 2 is 1.93 bits per heavy atom. The summed E-state index contributed by atoms with van der Waals surface area (Å²) in [7, 11) is 0. The molecule has 0 bridgehead atoms. The van der Waals surface area contributed by atoms with E-state index in [-0.39, 0.29) is 11.8 Å². The molecule has 0 saturated carbocycles. The molecule has 0 spiro atoms. The number of benzene rings is 1. The van der Waals surface area contributed by atoms with Gasteiger partial charge in [-0.05, 0) is 42.0 Å². The highest BCUT2D eigenvalue weighted by atomic mass is 16.2. The van der Waals surface area contributed by atoms with Crippen LogP contribution in [0.4, 0.5) is 0 Å². The Kier molecular flexibility index (Phi) is 6.22. The molecule has 1 fully saturated rings. The first kappa shape index (κ1) is 19.1. The van der Waals surface area contributed by atoms with E-state index in [1.165, 1.54) is 5.56 Å². The van der Waals surface area contributed by atoms with Crippen LogP contribution >= 0.6 is 0 Å². The van der Waals surface area contributed by atoms with Crippen LogP contribution in [0, 0.1) is 0 Å². The number of nitrogens with one attached hydrogen (secondary N) is 2. The minimum atomic E-state index is -0.917. The third-order valence-corrected chi connectivity index (χ3v) is 5.18. The lowest BCUT2D eigenvalue weighted by Gasteiger charge is -2.32. The molecule has 1 aliphatic heterocycles. The molecule has 2 amide bonds. The Bertz CT molecular complexity index is 774. The molecule has 0 radical (unpaired) electrons. The third-order valence-electron chi connectivity index (χ3n) is 5.18. The van der Waals surface area contributed by atoms with Crippen LogP contribution in [-0.2, 0) is 29.0 Å². The van der Waals surface area contributed by atoms with Crippen molar-refractivity contribution in [3.8, 4) is 0 Å². The summed E-state index contributed by atoms with van der Waals surface area (Å²) >= 11 is 0. The number of rotatable bonds is 6. The smallest absolute Gasteiger partial charge is 0.246 e. The zero-order valence-corrected chi connectivity index (χ0v) is 15.8. The normalized spacial score (nSPS) is 19.8. The predicted molar refractivity (Wildman–Crippen MR) is 105 cm³/mol. The number of amides is 2. The van der Waals surface area contributed by atoms with Gasteiger partial charge in [0.2, 0.25) is 11.8 Å². The number of carbonyl (C=O) groups excluding carboxylic acids is 2. The van der Waals surface area contributed by atoms with Crippen molar-refractivity contribution in [1.29, 1.82) is 0 Å². The Morgan fingerprint density at radius 3 is 2.63 bits per heavy atom. The molecule has 5 heteroatoms. The van der Waals surface area contributed by atoms with Crippen LogP contribution in [0.3, 0.4) is 0 Å². The molecule has 1 unspecified atom stereocenters. The number of nitrogens with zero attached hydrogens (tertiary/aromatic N) is 1. The molecular formula is C22H27N3O2. The summed E-state index contributed by atoms with van der Waals surface area (Å²) in [6.07, 6.45) is 7.68. The SMILES string of the molecule is CCc1ccc(CNC(=O)C2(Cc3cccnc3)CCCCC(=O)N2)cc1. The van der Waals surface area contributed by atoms with Crippen molar-refractivity contribution >= 4 is 11.8 Å². The fourth-order valence-corrected chi connectivity index (χ4v) is 3.58. The van der Waals surface area contributed by atoms with Crippen LogP contribution in [0.5, 0.6) is 0 Å². The second-order valence-electron chi connectivity index (χ2n) is 7.23. The number of hydrogen-bond donors (Lipinski definition) is 2. The lowest BCUT2D eigenvalue weighted by Crippen LogP contribution is -2.59. The van der Waals surface area contributed by atoms with E-state index >= 15 is 0 Å². The minimum Gasteiger partial charge on any atom is -0.350 e. The van der Waals surface area contributed by atoms with E-state index in [9.17, 15) is 9.59 Å². The first-order valence-corrected chi connectivity index (χ1v) is 9.67. The average Bonchev–Trinajstić information content (AvgIpc) is 2.89. The molecule has 2 aromatic rings. The van der Waals surface area contributed by atoms with Crippen LogP contribution in [0.15, 0.2) is 48.8 Å². The Balaban J connectivity index is 1.76. The van der Waals surface area contributed by atoms with Gasteiger partial charge in [0.25, 0.3) is 0 Å². The first-order valence-electron chi connectivity index (χ1n) is 9.67. The van der Waals surface area contributed by atoms with Crippen LogP contribution in [-0.4, -0.2) is 22.3 Å². The van der Waals surface area contributed by atoms with Crippen molar-refractivity contribution in [1.82, 2.24) is 15.6 Å². The molecule has 1 aromatic carbocycles. The van der Waals surface area contributed by atoms with E-state index in [1.807, 2.05) is 24.3 Å². The van der Waals surface area contributed by atoms with Crippen molar-refractivity contribution in [2.24, 2.45) is 0 Å². The quantitative estimate of drug-likeness (QED) is 0.827. The number of pyridine rings is 1. The molecule has 1 aromatic heterocycles. The summed E-state index contributed by atoms with van der Waals surface area (Å²) in [5, 5.41) is 6.06. The molecule has 5 nitrogen and oxygen atoms in total. The second-order valence-corrected chi connectivity index (χ2v) is 7.23. The van der Waals surface area contributed by atoms with Crippen molar-refractivity contribution in [3.05, 3.63) is 65.5 Å². The highest BCUT2D eigenvalue weighted by Crippen LogP contribution is 2.24. The molecule has 1 saturated heterocycles. The summed E-state index contributed by atoms with van der Waals surface area (Å²) in [6, 6.07) is 12.1. The van der Waals surface area contributed by atoms with Gasteiger partial charge in [-0.3, -0.25) is 14.6 Å². The van der Waals surface area contributed by atoms with Crippen LogP contribution in [0.1, 0.15) is 49.3 Å². The molecular weight excluding hydrogens is 338 g/mol. The van der Waals surface area contributed by atoms with Crippen LogP contribution in [0.2, 0.25) is 0 Å². The molecule has 3 rings (SSSR count). The second kappa shape index (κ2) is 8.80. The number of carbonyl (C=O) groups is 2. The van der Waals surface area contributed by atoms with E-state index in [1.54, 1.807) is 12.4 Å². The Labute approximate surface area is 160 Å². The third kappa shape index (κ3) is 4.94. The highest BCUT2D eigenvalue weighted by molar-refractivity contribution is 5.92. The average molecular weight is 365 g/mol. The maximum absolute atomic E-state index is 13.2. The van der Waals surface area contributed by atoms with Gasteiger partial charge in [-0.15, -0.1) is 0 Å². The highest BCUT2D eigenvalue weighted by Gasteiger charge is 2.40. The van der Waals surface area contributed by atoms with Gasteiger partial charge in [-0.2, -0.15) is 0 Å². The largest absolute Gasteiger partial charge is 0.350 e. The van der Waals surface area contributed by atoms with Gasteiger partial charge in [0, 0.05) is 31.8 Å². The van der Waals surface area contributed by atoms with Gasteiger partial charge >= 0.3 is 0 Å². The molecule has 1 aliphatic rings. The van der Waals surface area contributed by atoms with Crippen LogP contribution in [0.25, 0.3) is 0 Å². The first-order chi connectivity index (χ1) is 13.1. The fraction of sp³-hybridized carbons (Fsp3) is 0.409. The summed E-state index contributed by atoms with van der Waals surface area (Å²) < 4.78 is 0. The molecule has 0 aliphatic carbocycles. The minimum absolute atomic E-state index is 0.0566. The van der Waals surface area contributed by atoms with Gasteiger partial charge in [-0.1, -0.05) is 43.7 Å². The fourth-order valence-electron chi connectivity index (χ4n) is 3.58.